The van der Waals surface area contributed by atoms with Gasteiger partial charge in [-0.05, 0) is 12.1 Å². The Hall–Kier alpha value is -2.22. The summed E-state index contributed by atoms with van der Waals surface area (Å²) in [5.74, 6) is 2.20. The van der Waals surface area contributed by atoms with Crippen molar-refractivity contribution >= 4 is 17.7 Å². The minimum Gasteiger partial charge on any atom is -0.497 e. The van der Waals surface area contributed by atoms with E-state index >= 15 is 0 Å². The van der Waals surface area contributed by atoms with E-state index in [-0.39, 0.29) is 12.5 Å². The molecule has 3 rings (SSSR count). The lowest BCUT2D eigenvalue weighted by Crippen LogP contribution is -2.31. The molecule has 0 bridgehead atoms. The molecule has 0 unspecified atom stereocenters. The van der Waals surface area contributed by atoms with E-state index in [0.29, 0.717) is 22.5 Å². The molecule has 20 heavy (non-hydrogen) atoms. The zero-order chi connectivity index (χ0) is 13.9. The highest BCUT2D eigenvalue weighted by molar-refractivity contribution is 7.99. The van der Waals surface area contributed by atoms with Crippen molar-refractivity contribution in [3.63, 3.8) is 0 Å². The number of carbonyl (C=O) groups is 1. The molecule has 0 atom stereocenters. The van der Waals surface area contributed by atoms with Crippen molar-refractivity contribution in [3.05, 3.63) is 30.1 Å². The Labute approximate surface area is 119 Å². The third-order valence-corrected chi connectivity index (χ3v) is 3.61. The molecule has 0 spiro atoms. The average Bonchev–Trinajstić information content (AvgIpc) is 2.87. The number of fused-ring (bicyclic) bond motifs is 1. The van der Waals surface area contributed by atoms with Gasteiger partial charge in [-0.2, -0.15) is 0 Å². The van der Waals surface area contributed by atoms with Gasteiger partial charge in [-0.15, -0.1) is 10.2 Å². The number of amides is 1. The van der Waals surface area contributed by atoms with Crippen molar-refractivity contribution in [2.24, 2.45) is 0 Å². The van der Waals surface area contributed by atoms with Gasteiger partial charge in [0.05, 0.1) is 12.9 Å². The van der Waals surface area contributed by atoms with Crippen LogP contribution in [0, 0.1) is 0 Å². The predicted molar refractivity (Wildman–Crippen MR) is 72.4 cm³/mol. The van der Waals surface area contributed by atoms with E-state index in [0.717, 1.165) is 5.75 Å². The predicted octanol–water partition coefficient (Wildman–Crippen LogP) is 1.04. The molecule has 1 aromatic carbocycles. The van der Waals surface area contributed by atoms with E-state index in [1.807, 2.05) is 18.2 Å². The highest BCUT2D eigenvalue weighted by Crippen LogP contribution is 2.22. The van der Waals surface area contributed by atoms with E-state index in [4.69, 9.17) is 9.47 Å². The molecule has 8 heteroatoms. The van der Waals surface area contributed by atoms with E-state index < -0.39 is 0 Å². The fourth-order valence-electron chi connectivity index (χ4n) is 1.73. The average molecular weight is 292 g/mol. The summed E-state index contributed by atoms with van der Waals surface area (Å²) in [5, 5.41) is 8.67. The summed E-state index contributed by atoms with van der Waals surface area (Å²) < 4.78 is 12.3. The Bertz CT molecular complexity index is 643. The molecule has 0 saturated carbocycles. The molecule has 2 aromatic rings. The molecule has 1 aliphatic rings. The molecule has 7 nitrogen and oxygen atoms in total. The standard InChI is InChI=1S/C12H12N4O3S/c1-18-8-3-2-4-9(5-8)19-6-10-13-14-12-16(10)15-11(17)7-20-12/h2-5H,6-7H2,1H3,(H,15,17). The molecule has 104 valence electrons. The number of nitrogens with one attached hydrogen (secondary N) is 1. The largest absolute Gasteiger partial charge is 0.497 e. The first kappa shape index (κ1) is 12.8. The molecule has 0 radical (unpaired) electrons. The fraction of sp³-hybridized carbons (Fsp3) is 0.250. The Balaban J connectivity index is 1.72. The summed E-state index contributed by atoms with van der Waals surface area (Å²) in [4.78, 5) is 11.4. The Morgan fingerprint density at radius 1 is 1.40 bits per heavy atom. The number of nitrogens with zero attached hydrogens (tertiary/aromatic N) is 3. The summed E-state index contributed by atoms with van der Waals surface area (Å²) in [6.45, 7) is 0.209. The minimum atomic E-state index is -0.0788. The maximum absolute atomic E-state index is 11.4. The quantitative estimate of drug-likeness (QED) is 0.907. The molecule has 1 amide bonds. The maximum atomic E-state index is 11.4. The molecule has 0 aliphatic carbocycles. The summed E-state index contributed by atoms with van der Waals surface area (Å²) in [6.07, 6.45) is 0. The second-order valence-corrected chi connectivity index (χ2v) is 4.97. The summed E-state index contributed by atoms with van der Waals surface area (Å²) in [5.41, 5.74) is 2.69. The second-order valence-electron chi connectivity index (χ2n) is 4.03. The van der Waals surface area contributed by atoms with Crippen LogP contribution in [0.4, 0.5) is 0 Å². The molecule has 0 saturated heterocycles. The first-order valence-corrected chi connectivity index (χ1v) is 6.88. The van der Waals surface area contributed by atoms with Gasteiger partial charge in [0.1, 0.15) is 18.1 Å². The van der Waals surface area contributed by atoms with Crippen molar-refractivity contribution in [1.29, 1.82) is 0 Å². The van der Waals surface area contributed by atoms with Crippen molar-refractivity contribution in [2.45, 2.75) is 11.8 Å². The van der Waals surface area contributed by atoms with Crippen LogP contribution in [0.2, 0.25) is 0 Å². The Morgan fingerprint density at radius 3 is 3.10 bits per heavy atom. The number of hydrogen-bond acceptors (Lipinski definition) is 6. The number of thioether (sulfide) groups is 1. The molecule has 2 heterocycles. The number of hydrogen-bond donors (Lipinski definition) is 1. The van der Waals surface area contributed by atoms with Crippen molar-refractivity contribution in [1.82, 2.24) is 14.9 Å². The molecule has 1 N–H and O–H groups in total. The van der Waals surface area contributed by atoms with Gasteiger partial charge in [0, 0.05) is 6.07 Å². The topological polar surface area (TPSA) is 78.3 Å². The monoisotopic (exact) mass is 292 g/mol. The number of carbonyl (C=O) groups excluding carboxylic acids is 1. The lowest BCUT2D eigenvalue weighted by molar-refractivity contribution is -0.115. The van der Waals surface area contributed by atoms with Crippen molar-refractivity contribution in [2.75, 3.05) is 18.3 Å². The number of ether oxygens (including phenoxy) is 2. The third-order valence-electron chi connectivity index (χ3n) is 2.68. The zero-order valence-electron chi connectivity index (χ0n) is 10.7. The van der Waals surface area contributed by atoms with Gasteiger partial charge in [-0.3, -0.25) is 10.2 Å². The number of aromatic nitrogens is 3. The van der Waals surface area contributed by atoms with E-state index in [9.17, 15) is 4.79 Å². The maximum Gasteiger partial charge on any atom is 0.249 e. The van der Waals surface area contributed by atoms with Crippen LogP contribution >= 0.6 is 11.8 Å². The summed E-state index contributed by atoms with van der Waals surface area (Å²) in [6, 6.07) is 7.28. The van der Waals surface area contributed by atoms with Gasteiger partial charge in [-0.25, -0.2) is 4.68 Å². The SMILES string of the molecule is COc1cccc(OCc2nnc3n2NC(=O)CS3)c1. The summed E-state index contributed by atoms with van der Waals surface area (Å²) >= 11 is 1.35. The van der Waals surface area contributed by atoms with Crippen LogP contribution in [0.25, 0.3) is 0 Å². The van der Waals surface area contributed by atoms with Gasteiger partial charge in [-0.1, -0.05) is 17.8 Å². The van der Waals surface area contributed by atoms with Gasteiger partial charge < -0.3 is 9.47 Å². The second kappa shape index (κ2) is 5.41. The van der Waals surface area contributed by atoms with Crippen LogP contribution < -0.4 is 14.9 Å². The highest BCUT2D eigenvalue weighted by atomic mass is 32.2. The van der Waals surface area contributed by atoms with Crippen LogP contribution in [-0.2, 0) is 11.4 Å². The minimum absolute atomic E-state index is 0.0788. The molecule has 1 aliphatic heterocycles. The lowest BCUT2D eigenvalue weighted by atomic mass is 10.3. The van der Waals surface area contributed by atoms with Crippen LogP contribution in [-0.4, -0.2) is 33.6 Å². The van der Waals surface area contributed by atoms with Gasteiger partial charge in [0.2, 0.25) is 11.1 Å². The molecular formula is C12H12N4O3S. The molecular weight excluding hydrogens is 280 g/mol. The van der Waals surface area contributed by atoms with Crippen molar-refractivity contribution < 1.29 is 14.3 Å². The number of benzene rings is 1. The van der Waals surface area contributed by atoms with E-state index in [1.165, 1.54) is 11.8 Å². The highest BCUT2D eigenvalue weighted by Gasteiger charge is 2.21. The van der Waals surface area contributed by atoms with Crippen LogP contribution in [0.15, 0.2) is 29.4 Å². The van der Waals surface area contributed by atoms with Gasteiger partial charge >= 0.3 is 0 Å². The first-order valence-electron chi connectivity index (χ1n) is 5.90. The lowest BCUT2D eigenvalue weighted by Gasteiger charge is -2.15. The Kier molecular flexibility index (Phi) is 3.46. The zero-order valence-corrected chi connectivity index (χ0v) is 11.5. The van der Waals surface area contributed by atoms with E-state index in [2.05, 4.69) is 15.6 Å². The van der Waals surface area contributed by atoms with Gasteiger partial charge in [0.15, 0.2) is 5.82 Å². The molecule has 0 fully saturated rings. The van der Waals surface area contributed by atoms with Gasteiger partial charge in [0.25, 0.3) is 0 Å². The van der Waals surface area contributed by atoms with Crippen LogP contribution in [0.3, 0.4) is 0 Å². The van der Waals surface area contributed by atoms with Crippen LogP contribution in [0.1, 0.15) is 5.82 Å². The van der Waals surface area contributed by atoms with E-state index in [1.54, 1.807) is 17.9 Å². The fourth-order valence-corrected chi connectivity index (χ4v) is 2.43. The number of methoxy groups -OCH3 is 1. The third kappa shape index (κ3) is 2.55. The Morgan fingerprint density at radius 2 is 2.25 bits per heavy atom. The first-order chi connectivity index (χ1) is 9.76. The summed E-state index contributed by atoms with van der Waals surface area (Å²) in [7, 11) is 1.60. The van der Waals surface area contributed by atoms with Crippen LogP contribution in [0.5, 0.6) is 11.5 Å². The smallest absolute Gasteiger partial charge is 0.249 e. The number of rotatable bonds is 4. The normalized spacial score (nSPS) is 13.6. The molecule has 1 aromatic heterocycles. The van der Waals surface area contributed by atoms with Crippen molar-refractivity contribution in [3.8, 4) is 11.5 Å².